The van der Waals surface area contributed by atoms with E-state index in [1.165, 1.54) is 0 Å². The van der Waals surface area contributed by atoms with Gasteiger partial charge in [0.2, 0.25) is 5.91 Å². The Balaban J connectivity index is 1.52. The number of likely N-dealkylation sites (tertiary alicyclic amines) is 1. The lowest BCUT2D eigenvalue weighted by Gasteiger charge is -2.42. The summed E-state index contributed by atoms with van der Waals surface area (Å²) in [5.41, 5.74) is 3.14. The third kappa shape index (κ3) is 3.94. The quantitative estimate of drug-likeness (QED) is 0.792. The highest BCUT2D eigenvalue weighted by atomic mass is 16.5. The van der Waals surface area contributed by atoms with Gasteiger partial charge in [-0.25, -0.2) is 4.98 Å². The molecule has 2 aliphatic heterocycles. The average Bonchev–Trinajstić information content (AvgIpc) is 3.08. The van der Waals surface area contributed by atoms with Gasteiger partial charge < -0.3 is 19.1 Å². The molecule has 156 valence electrons. The number of ether oxygens (including phenoxy) is 1. The molecule has 0 N–H and O–H groups in total. The molecule has 1 unspecified atom stereocenters. The smallest absolute Gasteiger partial charge is 0.228 e. The van der Waals surface area contributed by atoms with Crippen LogP contribution in [0.3, 0.4) is 0 Å². The Hall–Kier alpha value is -2.25. The summed E-state index contributed by atoms with van der Waals surface area (Å²) in [6, 6.07) is 5.91. The van der Waals surface area contributed by atoms with Gasteiger partial charge in [-0.05, 0) is 59.0 Å². The van der Waals surface area contributed by atoms with Gasteiger partial charge in [0.15, 0.2) is 0 Å². The van der Waals surface area contributed by atoms with Crippen LogP contribution < -0.4 is 0 Å². The minimum atomic E-state index is -0.277. The fourth-order valence-electron chi connectivity index (χ4n) is 4.34. The van der Waals surface area contributed by atoms with Crippen LogP contribution >= 0.6 is 0 Å². The van der Waals surface area contributed by atoms with Gasteiger partial charge in [-0.2, -0.15) is 0 Å². The van der Waals surface area contributed by atoms with Crippen molar-refractivity contribution in [3.63, 3.8) is 0 Å². The van der Waals surface area contributed by atoms with Crippen molar-refractivity contribution in [1.82, 2.24) is 19.9 Å². The molecule has 0 saturated carbocycles. The van der Waals surface area contributed by atoms with Crippen LogP contribution in [0.4, 0.5) is 0 Å². The molecule has 2 fully saturated rings. The maximum atomic E-state index is 13.3. The van der Waals surface area contributed by atoms with E-state index in [4.69, 9.17) is 14.2 Å². The van der Waals surface area contributed by atoms with Crippen LogP contribution in [-0.4, -0.2) is 65.7 Å². The molecule has 7 heteroatoms. The van der Waals surface area contributed by atoms with E-state index < -0.39 is 0 Å². The van der Waals surface area contributed by atoms with E-state index in [2.05, 4.69) is 24.0 Å². The van der Waals surface area contributed by atoms with Crippen LogP contribution in [0.2, 0.25) is 0 Å². The lowest BCUT2D eigenvalue weighted by molar-refractivity contribution is -0.151. The van der Waals surface area contributed by atoms with E-state index >= 15 is 0 Å². The van der Waals surface area contributed by atoms with Gasteiger partial charge in [-0.3, -0.25) is 4.79 Å². The first-order valence-corrected chi connectivity index (χ1v) is 10.4. The molecule has 1 atom stereocenters. The number of rotatable bonds is 3. The fourth-order valence-corrected chi connectivity index (χ4v) is 4.34. The zero-order chi connectivity index (χ0) is 20.6. The Morgan fingerprint density at radius 3 is 2.66 bits per heavy atom. The van der Waals surface area contributed by atoms with Gasteiger partial charge in [0.05, 0.1) is 35.8 Å². The van der Waals surface area contributed by atoms with Crippen molar-refractivity contribution in [2.45, 2.75) is 39.7 Å². The second-order valence-electron chi connectivity index (χ2n) is 8.62. The van der Waals surface area contributed by atoms with Crippen LogP contribution in [0.5, 0.6) is 0 Å². The highest BCUT2D eigenvalue weighted by Gasteiger charge is 2.40. The van der Waals surface area contributed by atoms with Crippen LogP contribution in [0.1, 0.15) is 43.0 Å². The van der Waals surface area contributed by atoms with Crippen molar-refractivity contribution >= 4 is 5.91 Å². The lowest BCUT2D eigenvalue weighted by atomic mass is 9.79. The van der Waals surface area contributed by atoms with E-state index in [9.17, 15) is 4.79 Å². The monoisotopic (exact) mass is 398 g/mol. The number of aromatic nitrogens is 2. The molecule has 29 heavy (non-hydrogen) atoms. The number of nitrogens with zero attached hydrogens (tertiary/aromatic N) is 4. The van der Waals surface area contributed by atoms with E-state index in [0.29, 0.717) is 19.7 Å². The zero-order valence-electron chi connectivity index (χ0n) is 17.8. The van der Waals surface area contributed by atoms with Crippen molar-refractivity contribution in [3.8, 4) is 11.3 Å². The Morgan fingerprint density at radius 1 is 1.21 bits per heavy atom. The van der Waals surface area contributed by atoms with Gasteiger partial charge in [-0.15, -0.1) is 0 Å². The van der Waals surface area contributed by atoms with E-state index in [0.717, 1.165) is 54.3 Å². The molecular weight excluding hydrogens is 368 g/mol. The predicted molar refractivity (Wildman–Crippen MR) is 109 cm³/mol. The summed E-state index contributed by atoms with van der Waals surface area (Å²) in [5.74, 6) is 1.00. The van der Waals surface area contributed by atoms with Crippen LogP contribution in [0, 0.1) is 19.3 Å². The van der Waals surface area contributed by atoms with Gasteiger partial charge >= 0.3 is 0 Å². The minimum absolute atomic E-state index is 0.219. The molecule has 2 saturated heterocycles. The summed E-state index contributed by atoms with van der Waals surface area (Å²) in [7, 11) is 2.12. The number of hydrogen-bond donors (Lipinski definition) is 0. The third-order valence-corrected chi connectivity index (χ3v) is 6.35. The first-order valence-electron chi connectivity index (χ1n) is 10.4. The molecule has 0 radical (unpaired) electrons. The zero-order valence-corrected chi connectivity index (χ0v) is 17.8. The number of hydrogen-bond acceptors (Lipinski definition) is 6. The summed E-state index contributed by atoms with van der Waals surface area (Å²) >= 11 is 0. The van der Waals surface area contributed by atoms with E-state index in [-0.39, 0.29) is 17.4 Å². The number of piperidine rings is 1. The molecule has 0 spiro atoms. The lowest BCUT2D eigenvalue weighted by Crippen LogP contribution is -2.51. The van der Waals surface area contributed by atoms with E-state index in [1.54, 1.807) is 0 Å². The molecular formula is C22H30N4O3. The van der Waals surface area contributed by atoms with Crippen LogP contribution in [0.25, 0.3) is 11.3 Å². The maximum absolute atomic E-state index is 13.3. The van der Waals surface area contributed by atoms with Gasteiger partial charge in [0, 0.05) is 12.0 Å². The summed E-state index contributed by atoms with van der Waals surface area (Å²) in [5, 5.41) is 4.03. The van der Waals surface area contributed by atoms with Crippen molar-refractivity contribution in [1.29, 1.82) is 0 Å². The Bertz CT molecular complexity index is 866. The van der Waals surface area contributed by atoms with Crippen molar-refractivity contribution in [3.05, 3.63) is 35.3 Å². The molecule has 0 aliphatic carbocycles. The Morgan fingerprint density at radius 2 is 1.97 bits per heavy atom. The number of carbonyl (C=O) groups excluding carboxylic acids is 1. The number of morpholine rings is 1. The van der Waals surface area contributed by atoms with Gasteiger partial charge in [0.1, 0.15) is 11.9 Å². The molecule has 2 aliphatic rings. The Labute approximate surface area is 172 Å². The van der Waals surface area contributed by atoms with E-state index in [1.807, 2.05) is 36.9 Å². The van der Waals surface area contributed by atoms with Crippen molar-refractivity contribution in [2.75, 3.05) is 39.8 Å². The molecule has 4 rings (SSSR count). The fraction of sp³-hybridized carbons (Fsp3) is 0.591. The first-order chi connectivity index (χ1) is 13.9. The molecule has 2 aromatic heterocycles. The van der Waals surface area contributed by atoms with Crippen molar-refractivity contribution in [2.24, 2.45) is 5.41 Å². The molecule has 2 aromatic rings. The second-order valence-corrected chi connectivity index (χ2v) is 8.62. The van der Waals surface area contributed by atoms with Gasteiger partial charge in [0.25, 0.3) is 0 Å². The second kappa shape index (κ2) is 7.88. The maximum Gasteiger partial charge on any atom is 0.228 e. The normalized spacial score (nSPS) is 22.6. The number of carbonyl (C=O) groups is 1. The number of aryl methyl sites for hydroxylation is 2. The Kier molecular flexibility index (Phi) is 5.44. The first kappa shape index (κ1) is 20.0. The SMILES string of the molecule is Cc1noc(C)c1-c1cccc(C2CN(C(=O)C3(C)CCN(C)CC3)CCO2)n1. The molecule has 1 amide bonds. The minimum Gasteiger partial charge on any atom is -0.368 e. The standard InChI is InChI=1S/C22H30N4O3/c1-15-20(16(2)29-24-15)18-7-5-6-17(23-18)19-14-26(12-13-28-19)21(27)22(3)8-10-25(4)11-9-22/h5-7,19H,8-14H2,1-4H3. The molecule has 7 nitrogen and oxygen atoms in total. The summed E-state index contributed by atoms with van der Waals surface area (Å²) in [6.07, 6.45) is 1.59. The summed E-state index contributed by atoms with van der Waals surface area (Å²) < 4.78 is 11.3. The van der Waals surface area contributed by atoms with Crippen molar-refractivity contribution < 1.29 is 14.1 Å². The topological polar surface area (TPSA) is 71.7 Å². The molecule has 4 heterocycles. The molecule has 0 bridgehead atoms. The largest absolute Gasteiger partial charge is 0.368 e. The highest BCUT2D eigenvalue weighted by Crippen LogP contribution is 2.34. The highest BCUT2D eigenvalue weighted by molar-refractivity contribution is 5.82. The number of pyridine rings is 1. The predicted octanol–water partition coefficient (Wildman–Crippen LogP) is 2.99. The summed E-state index contributed by atoms with van der Waals surface area (Å²) in [4.78, 5) is 22.4. The van der Waals surface area contributed by atoms with Crippen LogP contribution in [-0.2, 0) is 9.53 Å². The third-order valence-electron chi connectivity index (χ3n) is 6.35. The molecule has 0 aromatic carbocycles. The number of amides is 1. The summed E-state index contributed by atoms with van der Waals surface area (Å²) in [6.45, 7) is 9.58. The van der Waals surface area contributed by atoms with Gasteiger partial charge in [-0.1, -0.05) is 18.1 Å². The van der Waals surface area contributed by atoms with Crippen LogP contribution in [0.15, 0.2) is 22.7 Å². The average molecular weight is 399 g/mol.